The number of nitrogens with zero attached hydrogens (tertiary/aromatic N) is 1. The molecular formula is C28H37NO. The summed E-state index contributed by atoms with van der Waals surface area (Å²) in [6.07, 6.45) is 14.2. The minimum absolute atomic E-state index is 0.638. The van der Waals surface area contributed by atoms with Gasteiger partial charge in [0.1, 0.15) is 5.75 Å². The SMILES string of the molecule is CCCCCCCCCOc1ccc([C@H]2CC[C@H](c3ccc(C#N)cc3)CC2)cc1. The van der Waals surface area contributed by atoms with E-state index in [-0.39, 0.29) is 0 Å². The van der Waals surface area contributed by atoms with Crippen molar-refractivity contribution in [3.8, 4) is 11.8 Å². The van der Waals surface area contributed by atoms with Crippen molar-refractivity contribution in [1.29, 1.82) is 5.26 Å². The topological polar surface area (TPSA) is 33.0 Å². The number of nitriles is 1. The highest BCUT2D eigenvalue weighted by atomic mass is 16.5. The molecule has 0 saturated heterocycles. The summed E-state index contributed by atoms with van der Waals surface area (Å²) in [4.78, 5) is 0. The third-order valence-electron chi connectivity index (χ3n) is 6.61. The molecule has 0 aromatic heterocycles. The fourth-order valence-corrected chi connectivity index (χ4v) is 4.68. The van der Waals surface area contributed by atoms with Gasteiger partial charge < -0.3 is 4.74 Å². The molecule has 2 aromatic rings. The number of unbranched alkanes of at least 4 members (excludes halogenated alkanes) is 6. The van der Waals surface area contributed by atoms with Crippen LogP contribution in [0.5, 0.6) is 5.75 Å². The van der Waals surface area contributed by atoms with Gasteiger partial charge in [0.2, 0.25) is 0 Å². The summed E-state index contributed by atoms with van der Waals surface area (Å²) in [6, 6.07) is 19.2. The van der Waals surface area contributed by atoms with E-state index >= 15 is 0 Å². The number of hydrogen-bond donors (Lipinski definition) is 0. The van der Waals surface area contributed by atoms with Gasteiger partial charge in [0, 0.05) is 0 Å². The molecule has 0 radical (unpaired) electrons. The van der Waals surface area contributed by atoms with Crippen LogP contribution in [0.4, 0.5) is 0 Å². The Balaban J connectivity index is 1.36. The second-order valence-corrected chi connectivity index (χ2v) is 8.82. The van der Waals surface area contributed by atoms with Gasteiger partial charge in [-0.25, -0.2) is 0 Å². The van der Waals surface area contributed by atoms with E-state index in [1.165, 1.54) is 75.3 Å². The average molecular weight is 404 g/mol. The van der Waals surface area contributed by atoms with E-state index in [2.05, 4.69) is 49.4 Å². The fraction of sp³-hybridized carbons (Fsp3) is 0.536. The first-order valence-electron chi connectivity index (χ1n) is 12.0. The molecule has 0 bridgehead atoms. The van der Waals surface area contributed by atoms with Crippen LogP contribution in [0.25, 0.3) is 0 Å². The van der Waals surface area contributed by atoms with Gasteiger partial charge in [0.25, 0.3) is 0 Å². The summed E-state index contributed by atoms with van der Waals surface area (Å²) in [6.45, 7) is 3.10. The van der Waals surface area contributed by atoms with Gasteiger partial charge in [0.15, 0.2) is 0 Å². The minimum Gasteiger partial charge on any atom is -0.494 e. The molecule has 3 rings (SSSR count). The Bertz CT molecular complexity index is 764. The smallest absolute Gasteiger partial charge is 0.119 e. The van der Waals surface area contributed by atoms with E-state index in [9.17, 15) is 0 Å². The van der Waals surface area contributed by atoms with Crippen LogP contribution in [0.3, 0.4) is 0 Å². The Morgan fingerprint density at radius 2 is 1.23 bits per heavy atom. The van der Waals surface area contributed by atoms with Crippen molar-refractivity contribution < 1.29 is 4.74 Å². The molecule has 0 unspecified atom stereocenters. The third-order valence-corrected chi connectivity index (χ3v) is 6.61. The summed E-state index contributed by atoms with van der Waals surface area (Å²) in [5.74, 6) is 2.31. The molecular weight excluding hydrogens is 366 g/mol. The van der Waals surface area contributed by atoms with Gasteiger partial charge in [-0.3, -0.25) is 0 Å². The molecule has 0 aliphatic heterocycles. The van der Waals surface area contributed by atoms with E-state index < -0.39 is 0 Å². The molecule has 2 heteroatoms. The summed E-state index contributed by atoms with van der Waals surface area (Å²) in [5, 5.41) is 8.97. The zero-order chi connectivity index (χ0) is 21.0. The average Bonchev–Trinajstić information content (AvgIpc) is 2.81. The van der Waals surface area contributed by atoms with Crippen LogP contribution in [0, 0.1) is 11.3 Å². The Labute approximate surface area is 183 Å². The molecule has 0 spiro atoms. The Morgan fingerprint density at radius 1 is 0.733 bits per heavy atom. The highest BCUT2D eigenvalue weighted by Gasteiger charge is 2.23. The molecule has 1 aliphatic rings. The highest BCUT2D eigenvalue weighted by molar-refractivity contribution is 5.34. The van der Waals surface area contributed by atoms with Crippen LogP contribution in [0.15, 0.2) is 48.5 Å². The van der Waals surface area contributed by atoms with Crippen molar-refractivity contribution >= 4 is 0 Å². The van der Waals surface area contributed by atoms with Crippen LogP contribution >= 0.6 is 0 Å². The van der Waals surface area contributed by atoms with Crippen molar-refractivity contribution in [2.75, 3.05) is 6.61 Å². The maximum atomic E-state index is 8.97. The standard InChI is InChI=1S/C28H37NO/c1-2-3-4-5-6-7-8-21-30-28-19-17-27(18-20-28)26-15-13-25(14-16-26)24-11-9-23(22-29)10-12-24/h9-12,17-20,25-26H,2-8,13-16,21H2,1H3/t25-,26-. The molecule has 0 heterocycles. The second-order valence-electron chi connectivity index (χ2n) is 8.82. The van der Waals surface area contributed by atoms with Crippen molar-refractivity contribution in [2.45, 2.75) is 89.4 Å². The maximum absolute atomic E-state index is 8.97. The molecule has 1 aliphatic carbocycles. The normalized spacial score (nSPS) is 18.7. The van der Waals surface area contributed by atoms with Crippen molar-refractivity contribution in [3.63, 3.8) is 0 Å². The van der Waals surface area contributed by atoms with E-state index in [0.29, 0.717) is 11.8 Å². The number of ether oxygens (including phenoxy) is 1. The van der Waals surface area contributed by atoms with Crippen LogP contribution in [-0.2, 0) is 0 Å². The minimum atomic E-state index is 0.638. The molecule has 0 amide bonds. The van der Waals surface area contributed by atoms with Gasteiger partial charge in [-0.2, -0.15) is 5.26 Å². The van der Waals surface area contributed by atoms with E-state index in [4.69, 9.17) is 10.00 Å². The van der Waals surface area contributed by atoms with Crippen LogP contribution in [0.1, 0.15) is 106 Å². The summed E-state index contributed by atoms with van der Waals surface area (Å²) < 4.78 is 5.95. The summed E-state index contributed by atoms with van der Waals surface area (Å²) >= 11 is 0. The number of benzene rings is 2. The molecule has 30 heavy (non-hydrogen) atoms. The molecule has 1 saturated carbocycles. The lowest BCUT2D eigenvalue weighted by Crippen LogP contribution is -2.12. The predicted octanol–water partition coefficient (Wildman–Crippen LogP) is 8.13. The first kappa shape index (κ1) is 22.4. The summed E-state index contributed by atoms with van der Waals surface area (Å²) in [5.41, 5.74) is 3.60. The fourth-order valence-electron chi connectivity index (χ4n) is 4.68. The Hall–Kier alpha value is -2.27. The maximum Gasteiger partial charge on any atom is 0.119 e. The third kappa shape index (κ3) is 6.91. The van der Waals surface area contributed by atoms with Gasteiger partial charge in [-0.05, 0) is 79.3 Å². The lowest BCUT2D eigenvalue weighted by molar-refractivity contribution is 0.304. The van der Waals surface area contributed by atoms with Gasteiger partial charge in [-0.1, -0.05) is 69.7 Å². The van der Waals surface area contributed by atoms with E-state index in [1.807, 2.05) is 12.1 Å². The summed E-state index contributed by atoms with van der Waals surface area (Å²) in [7, 11) is 0. The van der Waals surface area contributed by atoms with Crippen molar-refractivity contribution in [3.05, 3.63) is 65.2 Å². The molecule has 2 aromatic carbocycles. The van der Waals surface area contributed by atoms with Gasteiger partial charge >= 0.3 is 0 Å². The lowest BCUT2D eigenvalue weighted by atomic mass is 9.76. The van der Waals surface area contributed by atoms with Crippen LogP contribution in [0.2, 0.25) is 0 Å². The predicted molar refractivity (Wildman–Crippen MR) is 125 cm³/mol. The molecule has 1 fully saturated rings. The monoisotopic (exact) mass is 403 g/mol. The van der Waals surface area contributed by atoms with Gasteiger partial charge in [0.05, 0.1) is 18.2 Å². The molecule has 2 nitrogen and oxygen atoms in total. The van der Waals surface area contributed by atoms with Crippen LogP contribution in [-0.4, -0.2) is 6.61 Å². The van der Waals surface area contributed by atoms with Crippen molar-refractivity contribution in [1.82, 2.24) is 0 Å². The van der Waals surface area contributed by atoms with Gasteiger partial charge in [-0.15, -0.1) is 0 Å². The number of hydrogen-bond acceptors (Lipinski definition) is 2. The zero-order valence-corrected chi connectivity index (χ0v) is 18.6. The number of rotatable bonds is 11. The van der Waals surface area contributed by atoms with Crippen LogP contribution < -0.4 is 4.74 Å². The Morgan fingerprint density at radius 3 is 1.77 bits per heavy atom. The van der Waals surface area contributed by atoms with E-state index in [0.717, 1.165) is 24.3 Å². The molecule has 160 valence electrons. The van der Waals surface area contributed by atoms with Crippen molar-refractivity contribution in [2.24, 2.45) is 0 Å². The first-order chi connectivity index (χ1) is 14.8. The zero-order valence-electron chi connectivity index (χ0n) is 18.6. The quantitative estimate of drug-likeness (QED) is 0.355. The molecule has 0 atom stereocenters. The first-order valence-corrected chi connectivity index (χ1v) is 12.0. The molecule has 0 N–H and O–H groups in total. The second kappa shape index (κ2) is 12.4. The highest BCUT2D eigenvalue weighted by Crippen LogP contribution is 2.40. The largest absolute Gasteiger partial charge is 0.494 e. The Kier molecular flexibility index (Phi) is 9.29. The van der Waals surface area contributed by atoms with E-state index in [1.54, 1.807) is 0 Å². The lowest BCUT2D eigenvalue weighted by Gasteiger charge is -2.29.